The second-order valence-corrected chi connectivity index (χ2v) is 6.02. The summed E-state index contributed by atoms with van der Waals surface area (Å²) in [6, 6.07) is 11.1. The van der Waals surface area contributed by atoms with Gasteiger partial charge >= 0.3 is 0 Å². The number of hydrogen-bond acceptors (Lipinski definition) is 5. The maximum atomic E-state index is 12.6. The van der Waals surface area contributed by atoms with Crippen LogP contribution in [0.25, 0.3) is 21.9 Å². The number of methoxy groups -OCH3 is 1. The normalized spacial score (nSPS) is 11.0. The quantitative estimate of drug-likeness (QED) is 0.616. The molecule has 7 nitrogen and oxygen atoms in total. The van der Waals surface area contributed by atoms with Crippen molar-refractivity contribution in [1.29, 1.82) is 0 Å². The first-order valence-corrected chi connectivity index (χ1v) is 8.10. The predicted octanol–water partition coefficient (Wildman–Crippen LogP) is 3.09. The molecule has 0 aliphatic rings. The van der Waals surface area contributed by atoms with Gasteiger partial charge in [-0.2, -0.15) is 5.10 Å². The van der Waals surface area contributed by atoms with Crippen molar-refractivity contribution in [2.24, 2.45) is 7.05 Å². The van der Waals surface area contributed by atoms with Crippen LogP contribution in [0, 0.1) is 6.92 Å². The average Bonchev–Trinajstić information content (AvgIpc) is 2.94. The van der Waals surface area contributed by atoms with Crippen molar-refractivity contribution in [3.05, 3.63) is 53.9 Å². The number of amides is 1. The number of carbonyl (C=O) groups is 1. The maximum Gasteiger partial charge on any atom is 0.257 e. The number of aromatic nitrogens is 4. The van der Waals surface area contributed by atoms with Crippen LogP contribution in [0.4, 0.5) is 5.69 Å². The highest BCUT2D eigenvalue weighted by atomic mass is 16.5. The summed E-state index contributed by atoms with van der Waals surface area (Å²) in [6.45, 7) is 1.90. The molecule has 1 aromatic carbocycles. The molecule has 4 aromatic rings. The molecule has 1 amide bonds. The summed E-state index contributed by atoms with van der Waals surface area (Å²) in [5.41, 5.74) is 3.48. The molecule has 7 heteroatoms. The number of rotatable bonds is 3. The molecule has 26 heavy (non-hydrogen) atoms. The van der Waals surface area contributed by atoms with E-state index < -0.39 is 0 Å². The Kier molecular flexibility index (Phi) is 3.76. The van der Waals surface area contributed by atoms with Crippen LogP contribution in [-0.4, -0.2) is 32.8 Å². The topological polar surface area (TPSA) is 81.9 Å². The fourth-order valence-electron chi connectivity index (χ4n) is 2.93. The van der Waals surface area contributed by atoms with E-state index in [1.807, 2.05) is 44.3 Å². The lowest BCUT2D eigenvalue weighted by Gasteiger charge is -2.07. The molecule has 0 saturated carbocycles. The van der Waals surface area contributed by atoms with Crippen LogP contribution in [0.3, 0.4) is 0 Å². The molecule has 0 spiro atoms. The van der Waals surface area contributed by atoms with E-state index in [-0.39, 0.29) is 5.91 Å². The van der Waals surface area contributed by atoms with Crippen LogP contribution in [-0.2, 0) is 7.05 Å². The lowest BCUT2D eigenvalue weighted by Crippen LogP contribution is -2.12. The van der Waals surface area contributed by atoms with E-state index in [0.717, 1.165) is 27.6 Å². The first-order valence-electron chi connectivity index (χ1n) is 8.10. The Hall–Kier alpha value is -3.48. The number of anilines is 1. The molecule has 0 radical (unpaired) electrons. The Labute approximate surface area is 149 Å². The number of ether oxygens (including phenoxy) is 1. The van der Waals surface area contributed by atoms with Gasteiger partial charge in [0.05, 0.1) is 23.9 Å². The highest BCUT2D eigenvalue weighted by Gasteiger charge is 2.12. The van der Waals surface area contributed by atoms with Gasteiger partial charge in [0.15, 0.2) is 5.65 Å². The molecule has 0 atom stereocenters. The van der Waals surface area contributed by atoms with E-state index in [4.69, 9.17) is 4.74 Å². The summed E-state index contributed by atoms with van der Waals surface area (Å²) >= 11 is 0. The fourth-order valence-corrected chi connectivity index (χ4v) is 2.93. The summed E-state index contributed by atoms with van der Waals surface area (Å²) in [5.74, 6) is 0.299. The number of benzene rings is 1. The highest BCUT2D eigenvalue weighted by Crippen LogP contribution is 2.22. The molecule has 0 bridgehead atoms. The first kappa shape index (κ1) is 16.0. The van der Waals surface area contributed by atoms with Gasteiger partial charge in [0.25, 0.3) is 5.91 Å². The Morgan fingerprint density at radius 1 is 1.19 bits per heavy atom. The standard InChI is InChI=1S/C19H17N5O2/c1-11-15-8-13(10-20-18(15)24(2)23-11)19(25)21-14-6-4-12-5-7-17(26-3)22-16(12)9-14/h4-10H,1-3H3,(H,21,25). The third-order valence-electron chi connectivity index (χ3n) is 4.26. The monoisotopic (exact) mass is 347 g/mol. The SMILES string of the molecule is COc1ccc2ccc(NC(=O)c3cnc4c(c3)c(C)nn4C)cc2n1. The minimum atomic E-state index is -0.232. The Morgan fingerprint density at radius 2 is 2.00 bits per heavy atom. The zero-order chi connectivity index (χ0) is 18.3. The third kappa shape index (κ3) is 2.73. The molecule has 1 N–H and O–H groups in total. The largest absolute Gasteiger partial charge is 0.481 e. The van der Waals surface area contributed by atoms with Crippen LogP contribution >= 0.6 is 0 Å². The predicted molar refractivity (Wildman–Crippen MR) is 99.5 cm³/mol. The van der Waals surface area contributed by atoms with Crippen molar-refractivity contribution < 1.29 is 9.53 Å². The third-order valence-corrected chi connectivity index (χ3v) is 4.26. The van der Waals surface area contributed by atoms with Gasteiger partial charge in [-0.25, -0.2) is 9.97 Å². The average molecular weight is 347 g/mol. The molecule has 130 valence electrons. The first-order chi connectivity index (χ1) is 12.5. The number of nitrogens with zero attached hydrogens (tertiary/aromatic N) is 4. The molecule has 0 aliphatic carbocycles. The Morgan fingerprint density at radius 3 is 2.81 bits per heavy atom. The summed E-state index contributed by atoms with van der Waals surface area (Å²) in [7, 11) is 3.40. The second-order valence-electron chi connectivity index (χ2n) is 6.02. The van der Waals surface area contributed by atoms with E-state index in [1.54, 1.807) is 24.1 Å². The van der Waals surface area contributed by atoms with Crippen LogP contribution in [0.5, 0.6) is 5.88 Å². The number of fused-ring (bicyclic) bond motifs is 2. The number of aryl methyl sites for hydroxylation is 2. The molecular formula is C19H17N5O2. The van der Waals surface area contributed by atoms with Gasteiger partial charge in [-0.05, 0) is 31.2 Å². The van der Waals surface area contributed by atoms with E-state index in [1.165, 1.54) is 0 Å². The molecule has 3 heterocycles. The zero-order valence-corrected chi connectivity index (χ0v) is 14.6. The number of pyridine rings is 2. The smallest absolute Gasteiger partial charge is 0.257 e. The molecule has 0 fully saturated rings. The van der Waals surface area contributed by atoms with Crippen molar-refractivity contribution in [2.45, 2.75) is 6.92 Å². The zero-order valence-electron chi connectivity index (χ0n) is 14.6. The van der Waals surface area contributed by atoms with Crippen molar-refractivity contribution >= 4 is 33.5 Å². The van der Waals surface area contributed by atoms with Crippen molar-refractivity contribution in [1.82, 2.24) is 19.7 Å². The van der Waals surface area contributed by atoms with E-state index in [2.05, 4.69) is 20.4 Å². The molecule has 0 aliphatic heterocycles. The van der Waals surface area contributed by atoms with Crippen LogP contribution in [0.1, 0.15) is 16.1 Å². The van der Waals surface area contributed by atoms with Crippen molar-refractivity contribution in [3.8, 4) is 5.88 Å². The lowest BCUT2D eigenvalue weighted by atomic mass is 10.1. The molecular weight excluding hydrogens is 330 g/mol. The molecule has 3 aromatic heterocycles. The highest BCUT2D eigenvalue weighted by molar-refractivity contribution is 6.06. The van der Waals surface area contributed by atoms with Gasteiger partial charge in [0, 0.05) is 35.8 Å². The number of hydrogen-bond donors (Lipinski definition) is 1. The summed E-state index contributed by atoms with van der Waals surface area (Å²) in [5, 5.41) is 9.06. The van der Waals surface area contributed by atoms with Crippen molar-refractivity contribution in [3.63, 3.8) is 0 Å². The Balaban J connectivity index is 1.65. The molecule has 0 unspecified atom stereocenters. The fraction of sp³-hybridized carbons (Fsp3) is 0.158. The van der Waals surface area contributed by atoms with Gasteiger partial charge in [-0.15, -0.1) is 0 Å². The van der Waals surface area contributed by atoms with Crippen LogP contribution in [0.15, 0.2) is 42.6 Å². The van der Waals surface area contributed by atoms with E-state index in [0.29, 0.717) is 17.1 Å². The van der Waals surface area contributed by atoms with Gasteiger partial charge in [-0.1, -0.05) is 6.07 Å². The van der Waals surface area contributed by atoms with Crippen LogP contribution in [0.2, 0.25) is 0 Å². The van der Waals surface area contributed by atoms with Gasteiger partial charge in [0.2, 0.25) is 5.88 Å². The van der Waals surface area contributed by atoms with Crippen molar-refractivity contribution in [2.75, 3.05) is 12.4 Å². The minimum absolute atomic E-state index is 0.232. The molecule has 4 rings (SSSR count). The molecule has 0 saturated heterocycles. The summed E-state index contributed by atoms with van der Waals surface area (Å²) in [6.07, 6.45) is 1.56. The van der Waals surface area contributed by atoms with Gasteiger partial charge in [-0.3, -0.25) is 9.48 Å². The maximum absolute atomic E-state index is 12.6. The Bertz CT molecular complexity index is 1150. The lowest BCUT2D eigenvalue weighted by molar-refractivity contribution is 0.102. The number of carbonyl (C=O) groups excluding carboxylic acids is 1. The second kappa shape index (κ2) is 6.11. The van der Waals surface area contributed by atoms with Gasteiger partial charge in [0.1, 0.15) is 0 Å². The summed E-state index contributed by atoms with van der Waals surface area (Å²) in [4.78, 5) is 21.4. The van der Waals surface area contributed by atoms with E-state index >= 15 is 0 Å². The number of nitrogens with one attached hydrogen (secondary N) is 1. The van der Waals surface area contributed by atoms with E-state index in [9.17, 15) is 4.79 Å². The van der Waals surface area contributed by atoms with Crippen LogP contribution < -0.4 is 10.1 Å². The summed E-state index contributed by atoms with van der Waals surface area (Å²) < 4.78 is 6.86. The van der Waals surface area contributed by atoms with Gasteiger partial charge < -0.3 is 10.1 Å². The minimum Gasteiger partial charge on any atom is -0.481 e.